The number of fused-ring (bicyclic) bond motifs is 1. The summed E-state index contributed by atoms with van der Waals surface area (Å²) in [6.07, 6.45) is 11.0. The molecule has 5 fully saturated rings. The summed E-state index contributed by atoms with van der Waals surface area (Å²) in [5, 5.41) is 0. The molecule has 0 heteroatoms. The first-order valence-corrected chi connectivity index (χ1v) is 6.57. The Balaban J connectivity index is 1.68. The molecular formula is C14H22. The van der Waals surface area contributed by atoms with Gasteiger partial charge in [0.05, 0.1) is 0 Å². The largest absolute Gasteiger partial charge is 0.0591 e. The minimum atomic E-state index is 0.776. The lowest BCUT2D eigenvalue weighted by atomic mass is 9.47. The third-order valence-corrected chi connectivity index (χ3v) is 6.71. The summed E-state index contributed by atoms with van der Waals surface area (Å²) >= 11 is 0. The van der Waals surface area contributed by atoms with Crippen LogP contribution in [-0.4, -0.2) is 0 Å². The molecule has 0 aliphatic heterocycles. The summed E-state index contributed by atoms with van der Waals surface area (Å²) < 4.78 is 0. The van der Waals surface area contributed by atoms with Crippen LogP contribution < -0.4 is 0 Å². The molecule has 0 radical (unpaired) electrons. The number of hydrogen-bond acceptors (Lipinski definition) is 0. The molecule has 0 N–H and O–H groups in total. The highest BCUT2D eigenvalue weighted by molar-refractivity contribution is 5.29. The van der Waals surface area contributed by atoms with Crippen molar-refractivity contribution in [1.29, 1.82) is 0 Å². The molecular weight excluding hydrogens is 168 g/mol. The van der Waals surface area contributed by atoms with Gasteiger partial charge in [-0.2, -0.15) is 0 Å². The van der Waals surface area contributed by atoms with Crippen LogP contribution in [0.15, 0.2) is 0 Å². The third kappa shape index (κ3) is 0.657. The molecule has 0 aromatic rings. The summed E-state index contributed by atoms with van der Waals surface area (Å²) in [6, 6.07) is 0. The molecule has 0 heterocycles. The van der Waals surface area contributed by atoms with Gasteiger partial charge < -0.3 is 0 Å². The van der Waals surface area contributed by atoms with Gasteiger partial charge in [-0.25, -0.2) is 0 Å². The maximum absolute atomic E-state index is 2.61. The minimum absolute atomic E-state index is 0.776. The molecule has 14 heavy (non-hydrogen) atoms. The highest BCUT2D eigenvalue weighted by Gasteiger charge is 2.80. The van der Waals surface area contributed by atoms with Gasteiger partial charge in [-0.3, -0.25) is 0 Å². The Hall–Kier alpha value is 0. The SMILES string of the molecule is CC12CC3CC(CCC14CC4(C)C2)C3. The summed E-state index contributed by atoms with van der Waals surface area (Å²) in [5.74, 6) is 2.27. The van der Waals surface area contributed by atoms with Crippen LogP contribution in [-0.2, 0) is 0 Å². The molecule has 0 amide bonds. The van der Waals surface area contributed by atoms with Gasteiger partial charge in [0.2, 0.25) is 0 Å². The normalized spacial score (nSPS) is 69.0. The van der Waals surface area contributed by atoms with E-state index in [1.165, 1.54) is 0 Å². The van der Waals surface area contributed by atoms with E-state index in [0.717, 1.165) is 28.1 Å². The second-order valence-corrected chi connectivity index (χ2v) is 7.50. The quantitative estimate of drug-likeness (QED) is 0.541. The van der Waals surface area contributed by atoms with E-state index in [9.17, 15) is 0 Å². The fourth-order valence-corrected chi connectivity index (χ4v) is 6.04. The van der Waals surface area contributed by atoms with Crippen LogP contribution in [0.25, 0.3) is 0 Å². The van der Waals surface area contributed by atoms with Gasteiger partial charge in [-0.05, 0) is 73.0 Å². The molecule has 78 valence electrons. The van der Waals surface area contributed by atoms with E-state index in [-0.39, 0.29) is 0 Å². The molecule has 0 aromatic heterocycles. The van der Waals surface area contributed by atoms with Crippen molar-refractivity contribution in [3.05, 3.63) is 0 Å². The van der Waals surface area contributed by atoms with Crippen LogP contribution in [0.5, 0.6) is 0 Å². The summed E-state index contributed by atoms with van der Waals surface area (Å²) in [6.45, 7) is 5.17. The first kappa shape index (κ1) is 8.19. The van der Waals surface area contributed by atoms with E-state index >= 15 is 0 Å². The minimum Gasteiger partial charge on any atom is -0.0591 e. The summed E-state index contributed by atoms with van der Waals surface area (Å²) in [5.41, 5.74) is 2.43. The maximum atomic E-state index is 2.61. The van der Waals surface area contributed by atoms with E-state index in [0.29, 0.717) is 0 Å². The second kappa shape index (κ2) is 1.95. The van der Waals surface area contributed by atoms with Crippen molar-refractivity contribution in [3.8, 4) is 0 Å². The van der Waals surface area contributed by atoms with Crippen LogP contribution in [0.1, 0.15) is 58.8 Å². The Morgan fingerprint density at radius 2 is 1.71 bits per heavy atom. The lowest BCUT2D eigenvalue weighted by Crippen LogP contribution is -2.49. The number of hydrogen-bond donors (Lipinski definition) is 0. The molecule has 0 aromatic carbocycles. The van der Waals surface area contributed by atoms with Gasteiger partial charge >= 0.3 is 0 Å². The van der Waals surface area contributed by atoms with Gasteiger partial charge in [-0.15, -0.1) is 0 Å². The van der Waals surface area contributed by atoms with Crippen molar-refractivity contribution in [3.63, 3.8) is 0 Å². The molecule has 2 bridgehead atoms. The van der Waals surface area contributed by atoms with Crippen molar-refractivity contribution in [1.82, 2.24) is 0 Å². The van der Waals surface area contributed by atoms with Crippen molar-refractivity contribution in [2.24, 2.45) is 28.1 Å². The highest BCUT2D eigenvalue weighted by atomic mass is 14.8. The Kier molecular flexibility index (Phi) is 1.14. The fourth-order valence-electron chi connectivity index (χ4n) is 6.04. The Morgan fingerprint density at radius 3 is 2.36 bits per heavy atom. The van der Waals surface area contributed by atoms with E-state index in [1.54, 1.807) is 44.9 Å². The zero-order valence-electron chi connectivity index (χ0n) is 9.60. The first-order valence-electron chi connectivity index (χ1n) is 6.57. The maximum Gasteiger partial charge on any atom is -0.0184 e. The lowest BCUT2D eigenvalue weighted by molar-refractivity contribution is -0.0853. The van der Waals surface area contributed by atoms with Crippen LogP contribution >= 0.6 is 0 Å². The molecule has 1 spiro atoms. The van der Waals surface area contributed by atoms with Gasteiger partial charge in [-0.1, -0.05) is 13.8 Å². The standard InChI is InChI=1S/C14H22/c1-12-7-11-5-10(6-11)3-4-14(12)9-13(14,2)8-12/h10-11H,3-9H2,1-2H3. The molecule has 5 aliphatic rings. The molecule has 3 atom stereocenters. The van der Waals surface area contributed by atoms with Gasteiger partial charge in [0.25, 0.3) is 0 Å². The third-order valence-electron chi connectivity index (χ3n) is 6.71. The average Bonchev–Trinajstić information content (AvgIpc) is 2.55. The van der Waals surface area contributed by atoms with Crippen LogP contribution in [0.2, 0.25) is 0 Å². The highest BCUT2D eigenvalue weighted by Crippen LogP contribution is 2.89. The predicted octanol–water partition coefficient (Wildman–Crippen LogP) is 4.00. The zero-order valence-corrected chi connectivity index (χ0v) is 9.60. The zero-order chi connectivity index (χ0) is 9.60. The molecule has 5 saturated carbocycles. The lowest BCUT2D eigenvalue weighted by Gasteiger charge is -2.58. The molecule has 3 unspecified atom stereocenters. The van der Waals surface area contributed by atoms with Gasteiger partial charge in [0, 0.05) is 0 Å². The van der Waals surface area contributed by atoms with Crippen LogP contribution in [0.3, 0.4) is 0 Å². The first-order chi connectivity index (χ1) is 6.57. The van der Waals surface area contributed by atoms with E-state index in [1.807, 2.05) is 0 Å². The Labute approximate surface area is 87.5 Å². The van der Waals surface area contributed by atoms with E-state index < -0.39 is 0 Å². The Bertz CT molecular complexity index is 301. The van der Waals surface area contributed by atoms with Gasteiger partial charge in [0.15, 0.2) is 0 Å². The van der Waals surface area contributed by atoms with Crippen LogP contribution in [0.4, 0.5) is 0 Å². The molecule has 5 aliphatic carbocycles. The monoisotopic (exact) mass is 190 g/mol. The van der Waals surface area contributed by atoms with Crippen molar-refractivity contribution in [2.45, 2.75) is 58.8 Å². The smallest absolute Gasteiger partial charge is 0.0184 e. The Morgan fingerprint density at radius 1 is 0.929 bits per heavy atom. The van der Waals surface area contributed by atoms with Crippen molar-refractivity contribution in [2.75, 3.05) is 0 Å². The van der Waals surface area contributed by atoms with E-state index in [4.69, 9.17) is 0 Å². The topological polar surface area (TPSA) is 0 Å². The summed E-state index contributed by atoms with van der Waals surface area (Å²) in [4.78, 5) is 0. The van der Waals surface area contributed by atoms with E-state index in [2.05, 4.69) is 13.8 Å². The fraction of sp³-hybridized carbons (Fsp3) is 1.00. The van der Waals surface area contributed by atoms with Crippen molar-refractivity contribution < 1.29 is 0 Å². The molecule has 5 rings (SSSR count). The average molecular weight is 190 g/mol. The van der Waals surface area contributed by atoms with Gasteiger partial charge in [0.1, 0.15) is 0 Å². The molecule has 0 nitrogen and oxygen atoms in total. The molecule has 0 saturated heterocycles. The second-order valence-electron chi connectivity index (χ2n) is 7.50. The predicted molar refractivity (Wildman–Crippen MR) is 57.9 cm³/mol. The summed E-state index contributed by atoms with van der Waals surface area (Å²) in [7, 11) is 0. The van der Waals surface area contributed by atoms with Crippen LogP contribution in [0, 0.1) is 28.1 Å². The van der Waals surface area contributed by atoms with Crippen molar-refractivity contribution >= 4 is 0 Å². The number of rotatable bonds is 0.